The number of benzene rings is 1. The Labute approximate surface area is 217 Å². The topological polar surface area (TPSA) is 81.2 Å². The van der Waals surface area contributed by atoms with Gasteiger partial charge in [-0.1, -0.05) is 68.0 Å². The highest BCUT2D eigenvalue weighted by molar-refractivity contribution is 8.02. The van der Waals surface area contributed by atoms with Crippen LogP contribution >= 0.6 is 11.8 Å². The van der Waals surface area contributed by atoms with Gasteiger partial charge in [-0.05, 0) is 18.4 Å². The van der Waals surface area contributed by atoms with Crippen molar-refractivity contribution in [1.29, 1.82) is 0 Å². The number of fused-ring (bicyclic) bond motifs is 2. The van der Waals surface area contributed by atoms with Crippen LogP contribution in [0.25, 0.3) is 0 Å². The van der Waals surface area contributed by atoms with E-state index in [-0.39, 0.29) is 29.6 Å². The molecule has 0 bridgehead atoms. The molecule has 0 radical (unpaired) electrons. The summed E-state index contributed by atoms with van der Waals surface area (Å²) >= 11 is 1.61. The number of thioether (sulfide) groups is 1. The first-order chi connectivity index (χ1) is 17.5. The number of hydrogen-bond acceptors (Lipinski definition) is 5. The van der Waals surface area contributed by atoms with E-state index in [2.05, 4.69) is 19.1 Å². The molecule has 4 aliphatic heterocycles. The molecule has 1 spiro atoms. The van der Waals surface area contributed by atoms with Gasteiger partial charge in [0.25, 0.3) is 0 Å². The lowest BCUT2D eigenvalue weighted by molar-refractivity contribution is -0.144. The number of hydrogen-bond donors (Lipinski definition) is 1. The molecule has 2 fully saturated rings. The van der Waals surface area contributed by atoms with Crippen LogP contribution in [0, 0.1) is 11.8 Å². The number of nitrogens with zero attached hydrogens (tertiary/aromatic N) is 3. The maximum Gasteiger partial charge on any atom is 0.247 e. The van der Waals surface area contributed by atoms with Crippen LogP contribution in [0.15, 0.2) is 54.6 Å². The molecule has 2 saturated heterocycles. The molecule has 3 amide bonds. The third kappa shape index (κ3) is 4.18. The standard InChI is InChI=1S/C28H35N3O4S/c1-2-3-14-29-16-8-13-28-23(26(34)31(17-9-18-32)24(28)27(29)35)22-21(36-28)12-7-15-30(25(22)33)19-20-10-5-4-6-11-20/h4-8,10-13,21-24,32H,2-3,9,14-19H2,1H3/t21-,22+,23-,24?,28-/m0/s1. The highest BCUT2D eigenvalue weighted by atomic mass is 32.2. The lowest BCUT2D eigenvalue weighted by Crippen LogP contribution is -2.53. The Hall–Kier alpha value is -2.58. The molecule has 4 heterocycles. The van der Waals surface area contributed by atoms with E-state index in [9.17, 15) is 19.5 Å². The molecule has 192 valence electrons. The summed E-state index contributed by atoms with van der Waals surface area (Å²) in [6, 6.07) is 9.25. The van der Waals surface area contributed by atoms with E-state index in [4.69, 9.17) is 0 Å². The Morgan fingerprint density at radius 1 is 0.972 bits per heavy atom. The largest absolute Gasteiger partial charge is 0.396 e. The summed E-state index contributed by atoms with van der Waals surface area (Å²) in [6.45, 7) is 4.53. The van der Waals surface area contributed by atoms with Crippen molar-refractivity contribution in [2.75, 3.05) is 32.8 Å². The molecule has 0 saturated carbocycles. The van der Waals surface area contributed by atoms with Crippen LogP contribution in [0.2, 0.25) is 0 Å². The smallest absolute Gasteiger partial charge is 0.247 e. The lowest BCUT2D eigenvalue weighted by Gasteiger charge is -2.35. The van der Waals surface area contributed by atoms with Crippen LogP contribution in [-0.4, -0.2) is 86.4 Å². The number of carbonyl (C=O) groups is 3. The highest BCUT2D eigenvalue weighted by Crippen LogP contribution is 2.61. The van der Waals surface area contributed by atoms with Crippen molar-refractivity contribution in [1.82, 2.24) is 14.7 Å². The predicted molar refractivity (Wildman–Crippen MR) is 140 cm³/mol. The average Bonchev–Trinajstić information content (AvgIpc) is 3.20. The number of aliphatic hydroxyl groups excluding tert-OH is 1. The first-order valence-electron chi connectivity index (χ1n) is 13.1. The molecule has 1 N–H and O–H groups in total. The molecule has 1 aromatic rings. The third-order valence-electron chi connectivity index (χ3n) is 7.88. The number of rotatable bonds is 8. The zero-order valence-corrected chi connectivity index (χ0v) is 21.6. The van der Waals surface area contributed by atoms with Gasteiger partial charge in [-0.3, -0.25) is 14.4 Å². The minimum Gasteiger partial charge on any atom is -0.396 e. The summed E-state index contributed by atoms with van der Waals surface area (Å²) in [7, 11) is 0. The fraction of sp³-hybridized carbons (Fsp3) is 0.536. The molecule has 0 aromatic heterocycles. The second-order valence-electron chi connectivity index (χ2n) is 10.1. The molecule has 5 rings (SSSR count). The summed E-state index contributed by atoms with van der Waals surface area (Å²) in [5.41, 5.74) is 1.05. The van der Waals surface area contributed by atoms with E-state index in [1.54, 1.807) is 16.7 Å². The Morgan fingerprint density at radius 2 is 1.75 bits per heavy atom. The summed E-state index contributed by atoms with van der Waals surface area (Å²) < 4.78 is -0.782. The van der Waals surface area contributed by atoms with Crippen LogP contribution < -0.4 is 0 Å². The van der Waals surface area contributed by atoms with Gasteiger partial charge in [0.05, 0.1) is 16.6 Å². The number of aliphatic hydroxyl groups is 1. The van der Waals surface area contributed by atoms with Crippen LogP contribution in [0.5, 0.6) is 0 Å². The number of amides is 3. The maximum atomic E-state index is 14.0. The number of carbonyl (C=O) groups excluding carboxylic acids is 3. The van der Waals surface area contributed by atoms with Crippen molar-refractivity contribution in [3.05, 3.63) is 60.2 Å². The second kappa shape index (κ2) is 10.4. The molecule has 7 nitrogen and oxygen atoms in total. The monoisotopic (exact) mass is 509 g/mol. The maximum absolute atomic E-state index is 14.0. The minimum absolute atomic E-state index is 0.0210. The average molecular weight is 510 g/mol. The quantitative estimate of drug-likeness (QED) is 0.545. The fourth-order valence-electron chi connectivity index (χ4n) is 6.21. The van der Waals surface area contributed by atoms with Gasteiger partial charge < -0.3 is 19.8 Å². The Kier molecular flexibility index (Phi) is 7.26. The molecule has 1 aromatic carbocycles. The van der Waals surface area contributed by atoms with Crippen LogP contribution in [-0.2, 0) is 20.9 Å². The zero-order valence-electron chi connectivity index (χ0n) is 20.8. The van der Waals surface area contributed by atoms with Crippen molar-refractivity contribution in [3.63, 3.8) is 0 Å². The van der Waals surface area contributed by atoms with Crippen LogP contribution in [0.1, 0.15) is 31.7 Å². The molecular formula is C28H35N3O4S. The van der Waals surface area contributed by atoms with Gasteiger partial charge in [0, 0.05) is 44.6 Å². The van der Waals surface area contributed by atoms with E-state index >= 15 is 0 Å². The van der Waals surface area contributed by atoms with Crippen LogP contribution in [0.4, 0.5) is 0 Å². The van der Waals surface area contributed by atoms with Crippen molar-refractivity contribution in [3.8, 4) is 0 Å². The lowest BCUT2D eigenvalue weighted by atomic mass is 9.78. The first kappa shape index (κ1) is 25.1. The van der Waals surface area contributed by atoms with Gasteiger partial charge in [-0.25, -0.2) is 0 Å². The highest BCUT2D eigenvalue weighted by Gasteiger charge is 2.70. The molecule has 4 aliphatic rings. The van der Waals surface area contributed by atoms with Gasteiger partial charge in [0.15, 0.2) is 0 Å². The summed E-state index contributed by atoms with van der Waals surface area (Å²) in [6.07, 6.45) is 10.5. The van der Waals surface area contributed by atoms with E-state index in [0.717, 1.165) is 18.4 Å². The SMILES string of the molecule is CCCCN1CC=C[C@]23S[C@H]4C=CCN(Cc5ccccc5)C(=O)[C@H]4[C@H]2C(=O)N(CCCO)C3C1=O. The van der Waals surface area contributed by atoms with Crippen molar-refractivity contribution >= 4 is 29.5 Å². The van der Waals surface area contributed by atoms with Crippen molar-refractivity contribution in [2.45, 2.75) is 48.8 Å². The normalized spacial score (nSPS) is 31.4. The summed E-state index contributed by atoms with van der Waals surface area (Å²) in [4.78, 5) is 47.4. The summed E-state index contributed by atoms with van der Waals surface area (Å²) in [5.74, 6) is -1.31. The van der Waals surface area contributed by atoms with Gasteiger partial charge in [0.1, 0.15) is 6.04 Å². The minimum atomic E-state index is -0.782. The Bertz CT molecular complexity index is 1060. The molecule has 5 atom stereocenters. The molecular weight excluding hydrogens is 474 g/mol. The Balaban J connectivity index is 1.51. The van der Waals surface area contributed by atoms with Crippen LogP contribution in [0.3, 0.4) is 0 Å². The Morgan fingerprint density at radius 3 is 2.50 bits per heavy atom. The van der Waals surface area contributed by atoms with Gasteiger partial charge >= 0.3 is 0 Å². The molecule has 36 heavy (non-hydrogen) atoms. The van der Waals surface area contributed by atoms with E-state index < -0.39 is 22.6 Å². The first-order valence-corrected chi connectivity index (χ1v) is 13.9. The number of likely N-dealkylation sites (tertiary alicyclic amines) is 1. The van der Waals surface area contributed by atoms with Gasteiger partial charge in [-0.2, -0.15) is 0 Å². The summed E-state index contributed by atoms with van der Waals surface area (Å²) in [5, 5.41) is 9.36. The van der Waals surface area contributed by atoms with Gasteiger partial charge in [-0.15, -0.1) is 11.8 Å². The van der Waals surface area contributed by atoms with Crippen molar-refractivity contribution < 1.29 is 19.5 Å². The predicted octanol–water partition coefficient (Wildman–Crippen LogP) is 2.46. The van der Waals surface area contributed by atoms with E-state index in [1.807, 2.05) is 52.3 Å². The van der Waals surface area contributed by atoms with E-state index in [0.29, 0.717) is 39.1 Å². The molecule has 1 unspecified atom stereocenters. The van der Waals surface area contributed by atoms with E-state index in [1.165, 1.54) is 0 Å². The number of unbranched alkanes of at least 4 members (excludes halogenated alkanes) is 1. The van der Waals surface area contributed by atoms with Crippen molar-refractivity contribution in [2.24, 2.45) is 11.8 Å². The van der Waals surface area contributed by atoms with Gasteiger partial charge in [0.2, 0.25) is 17.7 Å². The molecule has 8 heteroatoms. The molecule has 0 aliphatic carbocycles. The fourth-order valence-corrected chi connectivity index (χ4v) is 8.22. The second-order valence-corrected chi connectivity index (χ2v) is 11.6. The third-order valence-corrected chi connectivity index (χ3v) is 9.62. The zero-order chi connectivity index (χ0) is 25.3.